The number of hydrogen-bond acceptors (Lipinski definition) is 6. The third-order valence-electron chi connectivity index (χ3n) is 3.73. The smallest absolute Gasteiger partial charge is 0.272 e. The maximum absolute atomic E-state index is 12.6. The quantitative estimate of drug-likeness (QED) is 0.389. The number of Topliss-reactive ketones (excluding diaryl/α,β-unsaturated/α-hetero) is 1. The van der Waals surface area contributed by atoms with Crippen molar-refractivity contribution in [2.24, 2.45) is 0 Å². The fourth-order valence-electron chi connectivity index (χ4n) is 2.44. The molecular weight excluding hydrogens is 348 g/mol. The first-order valence-corrected chi connectivity index (χ1v) is 10.1. The van der Waals surface area contributed by atoms with Crippen LogP contribution in [0.3, 0.4) is 0 Å². The fourth-order valence-corrected chi connectivity index (χ4v) is 5.09. The molecule has 3 aromatic heterocycles. The normalized spacial score (nSPS) is 14.5. The zero-order valence-electron chi connectivity index (χ0n) is 12.4. The molecule has 4 rings (SSSR count). The molecule has 0 spiro atoms. The van der Waals surface area contributed by atoms with Gasteiger partial charge in [0.25, 0.3) is 5.56 Å². The van der Waals surface area contributed by atoms with Crippen molar-refractivity contribution in [2.45, 2.75) is 31.0 Å². The number of fused-ring (bicyclic) bond motifs is 1. The standard InChI is InChI=1S/C16H14N2O2S3/c1-9-6-13(22-7-9)12(19)8-23-16-17-11-4-5-21-14(11)15(20)18(16)10-2-3-10/h4-7,10H,2-3,8H2,1H3. The molecule has 0 aliphatic heterocycles. The predicted molar refractivity (Wildman–Crippen MR) is 96.3 cm³/mol. The molecular formula is C16H14N2O2S3. The minimum Gasteiger partial charge on any atom is -0.292 e. The summed E-state index contributed by atoms with van der Waals surface area (Å²) in [6.07, 6.45) is 2.04. The zero-order valence-corrected chi connectivity index (χ0v) is 14.9. The van der Waals surface area contributed by atoms with Gasteiger partial charge in [-0.05, 0) is 48.2 Å². The summed E-state index contributed by atoms with van der Waals surface area (Å²) in [5.41, 5.74) is 1.88. The van der Waals surface area contributed by atoms with E-state index < -0.39 is 0 Å². The van der Waals surface area contributed by atoms with E-state index in [4.69, 9.17) is 0 Å². The van der Waals surface area contributed by atoms with E-state index >= 15 is 0 Å². The summed E-state index contributed by atoms with van der Waals surface area (Å²) in [6, 6.07) is 4.03. The molecule has 4 nitrogen and oxygen atoms in total. The number of thiophene rings is 2. The molecule has 0 unspecified atom stereocenters. The average Bonchev–Trinajstić information content (AvgIpc) is 3.07. The number of nitrogens with zero attached hydrogens (tertiary/aromatic N) is 2. The molecule has 118 valence electrons. The topological polar surface area (TPSA) is 52.0 Å². The van der Waals surface area contributed by atoms with Gasteiger partial charge in [0.15, 0.2) is 10.9 Å². The molecule has 3 aromatic rings. The molecule has 1 fully saturated rings. The summed E-state index contributed by atoms with van der Waals surface area (Å²) >= 11 is 4.28. The van der Waals surface area contributed by atoms with Crippen LogP contribution in [-0.4, -0.2) is 21.1 Å². The number of rotatable bonds is 5. The number of aryl methyl sites for hydroxylation is 1. The van der Waals surface area contributed by atoms with Crippen molar-refractivity contribution in [2.75, 3.05) is 5.75 Å². The van der Waals surface area contributed by atoms with Crippen LogP contribution in [0.1, 0.15) is 34.1 Å². The van der Waals surface area contributed by atoms with Gasteiger partial charge in [0.1, 0.15) is 4.70 Å². The first kappa shape index (κ1) is 15.1. The van der Waals surface area contributed by atoms with Gasteiger partial charge >= 0.3 is 0 Å². The van der Waals surface area contributed by atoms with Crippen LogP contribution in [-0.2, 0) is 0 Å². The minimum atomic E-state index is 0.0365. The molecule has 0 saturated heterocycles. The highest BCUT2D eigenvalue weighted by Gasteiger charge is 2.29. The number of carbonyl (C=O) groups excluding carboxylic acids is 1. The van der Waals surface area contributed by atoms with Gasteiger partial charge in [0.05, 0.1) is 16.1 Å². The van der Waals surface area contributed by atoms with Gasteiger partial charge in [-0.15, -0.1) is 22.7 Å². The highest BCUT2D eigenvalue weighted by atomic mass is 32.2. The lowest BCUT2D eigenvalue weighted by Gasteiger charge is -2.10. The summed E-state index contributed by atoms with van der Waals surface area (Å²) in [5.74, 6) is 0.407. The van der Waals surface area contributed by atoms with Gasteiger partial charge in [-0.3, -0.25) is 14.2 Å². The Morgan fingerprint density at radius 2 is 2.26 bits per heavy atom. The lowest BCUT2D eigenvalue weighted by atomic mass is 10.3. The lowest BCUT2D eigenvalue weighted by molar-refractivity contribution is 0.102. The molecule has 0 amide bonds. The largest absolute Gasteiger partial charge is 0.292 e. The highest BCUT2D eigenvalue weighted by molar-refractivity contribution is 7.99. The summed E-state index contributed by atoms with van der Waals surface area (Å²) in [7, 11) is 0. The van der Waals surface area contributed by atoms with Crippen LogP contribution in [0.15, 0.2) is 32.8 Å². The molecule has 0 atom stereocenters. The molecule has 0 aromatic carbocycles. The molecule has 3 heterocycles. The first-order chi connectivity index (χ1) is 11.1. The third-order valence-corrected chi connectivity index (χ3v) is 6.66. The van der Waals surface area contributed by atoms with E-state index in [2.05, 4.69) is 4.98 Å². The van der Waals surface area contributed by atoms with E-state index in [1.807, 2.05) is 29.8 Å². The fraction of sp³-hybridized carbons (Fsp3) is 0.312. The Balaban J connectivity index is 1.64. The lowest BCUT2D eigenvalue weighted by Crippen LogP contribution is -2.22. The Bertz CT molecular complexity index is 950. The predicted octanol–water partition coefficient (Wildman–Crippen LogP) is 4.14. The van der Waals surface area contributed by atoms with Crippen molar-refractivity contribution in [3.63, 3.8) is 0 Å². The molecule has 0 bridgehead atoms. The van der Waals surface area contributed by atoms with Gasteiger partial charge < -0.3 is 0 Å². The minimum absolute atomic E-state index is 0.0365. The van der Waals surface area contributed by atoms with Gasteiger partial charge in [-0.2, -0.15) is 0 Å². The molecule has 7 heteroatoms. The van der Waals surface area contributed by atoms with Crippen molar-refractivity contribution in [1.29, 1.82) is 0 Å². The van der Waals surface area contributed by atoms with Gasteiger partial charge in [0.2, 0.25) is 0 Å². The molecule has 1 saturated carbocycles. The number of hydrogen-bond donors (Lipinski definition) is 0. The van der Waals surface area contributed by atoms with Gasteiger partial charge in [0, 0.05) is 6.04 Å². The Morgan fingerprint density at radius 1 is 1.43 bits per heavy atom. The molecule has 0 radical (unpaired) electrons. The van der Waals surface area contributed by atoms with Crippen molar-refractivity contribution >= 4 is 50.4 Å². The van der Waals surface area contributed by atoms with Crippen molar-refractivity contribution in [1.82, 2.24) is 9.55 Å². The molecule has 1 aliphatic rings. The van der Waals surface area contributed by atoms with E-state index in [9.17, 15) is 9.59 Å². The van der Waals surface area contributed by atoms with Crippen molar-refractivity contribution < 1.29 is 4.79 Å². The SMILES string of the molecule is Cc1csc(C(=O)CSc2nc3ccsc3c(=O)n2C2CC2)c1. The number of aromatic nitrogens is 2. The second-order valence-electron chi connectivity index (χ2n) is 5.64. The first-order valence-electron chi connectivity index (χ1n) is 7.34. The second kappa shape index (κ2) is 5.89. The van der Waals surface area contributed by atoms with Crippen molar-refractivity contribution in [3.05, 3.63) is 43.7 Å². The van der Waals surface area contributed by atoms with Gasteiger partial charge in [-0.1, -0.05) is 11.8 Å². The number of carbonyl (C=O) groups is 1. The second-order valence-corrected chi connectivity index (χ2v) is 8.41. The van der Waals surface area contributed by atoms with Crippen LogP contribution in [0.4, 0.5) is 0 Å². The zero-order chi connectivity index (χ0) is 16.0. The Labute approximate surface area is 145 Å². The van der Waals surface area contributed by atoms with Crippen molar-refractivity contribution in [3.8, 4) is 0 Å². The maximum atomic E-state index is 12.6. The molecule has 1 aliphatic carbocycles. The van der Waals surface area contributed by atoms with Crippen LogP contribution >= 0.6 is 34.4 Å². The van der Waals surface area contributed by atoms with Crippen LogP contribution in [0, 0.1) is 6.92 Å². The summed E-state index contributed by atoms with van der Waals surface area (Å²) in [4.78, 5) is 30.3. The van der Waals surface area contributed by atoms with E-state index in [0.29, 0.717) is 15.6 Å². The highest BCUT2D eigenvalue weighted by Crippen LogP contribution is 2.37. The van der Waals surface area contributed by atoms with E-state index in [-0.39, 0.29) is 17.4 Å². The average molecular weight is 363 g/mol. The Hall–Kier alpha value is -1.44. The Kier molecular flexibility index (Phi) is 3.87. The number of ketones is 1. The van der Waals surface area contributed by atoms with Crippen LogP contribution in [0.2, 0.25) is 0 Å². The summed E-state index contributed by atoms with van der Waals surface area (Å²) in [5, 5.41) is 4.54. The molecule has 23 heavy (non-hydrogen) atoms. The van der Waals surface area contributed by atoms with E-state index in [0.717, 1.165) is 28.8 Å². The van der Waals surface area contributed by atoms with Gasteiger partial charge in [-0.25, -0.2) is 4.98 Å². The van der Waals surface area contributed by atoms with Crippen LogP contribution in [0.25, 0.3) is 10.2 Å². The van der Waals surface area contributed by atoms with E-state index in [1.54, 1.807) is 4.57 Å². The third kappa shape index (κ3) is 2.88. The Morgan fingerprint density at radius 3 is 2.96 bits per heavy atom. The van der Waals surface area contributed by atoms with Crippen LogP contribution < -0.4 is 5.56 Å². The number of thioether (sulfide) groups is 1. The molecule has 0 N–H and O–H groups in total. The van der Waals surface area contributed by atoms with E-state index in [1.165, 1.54) is 34.4 Å². The maximum Gasteiger partial charge on any atom is 0.272 e. The monoisotopic (exact) mass is 362 g/mol. The summed E-state index contributed by atoms with van der Waals surface area (Å²) < 4.78 is 2.50. The summed E-state index contributed by atoms with van der Waals surface area (Å²) in [6.45, 7) is 1.98. The van der Waals surface area contributed by atoms with Crippen LogP contribution in [0.5, 0.6) is 0 Å².